The number of amides is 1. The third kappa shape index (κ3) is 3.07. The summed E-state index contributed by atoms with van der Waals surface area (Å²) in [4.78, 5) is 14.0. The second-order valence-corrected chi connectivity index (χ2v) is 5.17. The maximum Gasteiger partial charge on any atom is 0.228 e. The lowest BCUT2D eigenvalue weighted by molar-refractivity contribution is -0.137. The van der Waals surface area contributed by atoms with Crippen LogP contribution in [-0.2, 0) is 11.2 Å². The Hall–Kier alpha value is -1.55. The monoisotopic (exact) mass is 262 g/mol. The Bertz CT molecular complexity index is 444. The fourth-order valence-corrected chi connectivity index (χ4v) is 2.30. The molecule has 4 nitrogen and oxygen atoms in total. The molecule has 0 aromatic heterocycles. The highest BCUT2D eigenvalue weighted by atomic mass is 16.5. The van der Waals surface area contributed by atoms with Crippen molar-refractivity contribution >= 4 is 5.91 Å². The van der Waals surface area contributed by atoms with Gasteiger partial charge in [-0.1, -0.05) is 18.2 Å². The van der Waals surface area contributed by atoms with Gasteiger partial charge >= 0.3 is 0 Å². The van der Waals surface area contributed by atoms with Gasteiger partial charge in [-0.25, -0.2) is 0 Å². The Morgan fingerprint density at radius 3 is 2.74 bits per heavy atom. The zero-order valence-corrected chi connectivity index (χ0v) is 11.8. The number of nitrogens with zero attached hydrogens (tertiary/aromatic N) is 1. The molecule has 0 saturated carbocycles. The van der Waals surface area contributed by atoms with Gasteiger partial charge < -0.3 is 15.0 Å². The molecule has 1 atom stereocenters. The van der Waals surface area contributed by atoms with Crippen molar-refractivity contribution < 1.29 is 9.53 Å². The molecular weight excluding hydrogens is 240 g/mol. The average molecular weight is 262 g/mol. The first-order valence-corrected chi connectivity index (χ1v) is 6.72. The molecule has 0 aliphatic carbocycles. The number of rotatable bonds is 5. The van der Waals surface area contributed by atoms with Crippen LogP contribution in [0.3, 0.4) is 0 Å². The van der Waals surface area contributed by atoms with Gasteiger partial charge in [0.25, 0.3) is 0 Å². The highest BCUT2D eigenvalue weighted by molar-refractivity contribution is 5.80. The second kappa shape index (κ2) is 6.06. The van der Waals surface area contributed by atoms with E-state index in [1.807, 2.05) is 30.1 Å². The number of carbonyl (C=O) groups is 1. The number of hydrogen-bond acceptors (Lipinski definition) is 3. The fraction of sp³-hybridized carbons (Fsp3) is 0.533. The lowest BCUT2D eigenvalue weighted by Gasteiger charge is -2.33. The largest absolute Gasteiger partial charge is 0.496 e. The highest BCUT2D eigenvalue weighted by Gasteiger charge is 2.29. The number of benzene rings is 1. The second-order valence-electron chi connectivity index (χ2n) is 5.17. The molecule has 0 spiro atoms. The van der Waals surface area contributed by atoms with Crippen molar-refractivity contribution in [2.45, 2.75) is 19.4 Å². The van der Waals surface area contributed by atoms with E-state index in [2.05, 4.69) is 18.3 Å². The Labute approximate surface area is 114 Å². The van der Waals surface area contributed by atoms with Gasteiger partial charge in [0.15, 0.2) is 0 Å². The lowest BCUT2D eigenvalue weighted by Crippen LogP contribution is -2.53. The number of methoxy groups -OCH3 is 1. The molecule has 1 unspecified atom stereocenters. The van der Waals surface area contributed by atoms with Crippen LogP contribution in [0.25, 0.3) is 0 Å². The van der Waals surface area contributed by atoms with Crippen LogP contribution in [0.2, 0.25) is 0 Å². The molecule has 1 aromatic rings. The van der Waals surface area contributed by atoms with E-state index in [0.29, 0.717) is 0 Å². The first kappa shape index (κ1) is 13.9. The van der Waals surface area contributed by atoms with Gasteiger partial charge in [0.2, 0.25) is 5.91 Å². The molecule has 1 fully saturated rings. The maximum atomic E-state index is 12.2. The first-order chi connectivity index (χ1) is 9.13. The van der Waals surface area contributed by atoms with Crippen molar-refractivity contribution in [3.63, 3.8) is 0 Å². The zero-order chi connectivity index (χ0) is 13.8. The van der Waals surface area contributed by atoms with E-state index in [1.54, 1.807) is 7.11 Å². The summed E-state index contributed by atoms with van der Waals surface area (Å²) in [6.07, 6.45) is 0.812. The van der Waals surface area contributed by atoms with E-state index in [4.69, 9.17) is 4.74 Å². The Balaban J connectivity index is 1.99. The molecule has 1 saturated heterocycles. The van der Waals surface area contributed by atoms with Gasteiger partial charge in [0.1, 0.15) is 5.75 Å². The molecule has 1 aliphatic heterocycles. The van der Waals surface area contributed by atoms with Crippen LogP contribution in [0.5, 0.6) is 5.75 Å². The summed E-state index contributed by atoms with van der Waals surface area (Å²) in [6.45, 7) is 3.70. The van der Waals surface area contributed by atoms with Crippen molar-refractivity contribution in [2.24, 2.45) is 5.92 Å². The van der Waals surface area contributed by atoms with Gasteiger partial charge in [-0.15, -0.1) is 0 Å². The smallest absolute Gasteiger partial charge is 0.228 e. The first-order valence-electron chi connectivity index (χ1n) is 6.72. The fourth-order valence-electron chi connectivity index (χ4n) is 2.30. The van der Waals surface area contributed by atoms with E-state index in [0.717, 1.165) is 30.8 Å². The molecule has 1 heterocycles. The minimum absolute atomic E-state index is 0.158. The van der Waals surface area contributed by atoms with Crippen LogP contribution in [0.15, 0.2) is 24.3 Å². The number of hydrogen-bond donors (Lipinski definition) is 1. The van der Waals surface area contributed by atoms with E-state index < -0.39 is 0 Å². The van der Waals surface area contributed by atoms with E-state index in [9.17, 15) is 4.79 Å². The van der Waals surface area contributed by atoms with Crippen LogP contribution in [0, 0.1) is 5.92 Å². The molecule has 1 amide bonds. The molecule has 104 valence electrons. The van der Waals surface area contributed by atoms with Crippen LogP contribution < -0.4 is 10.1 Å². The van der Waals surface area contributed by atoms with Crippen LogP contribution >= 0.6 is 0 Å². The summed E-state index contributed by atoms with van der Waals surface area (Å²) in [7, 11) is 3.57. The van der Waals surface area contributed by atoms with Crippen molar-refractivity contribution in [2.75, 3.05) is 27.2 Å². The van der Waals surface area contributed by atoms with Gasteiger partial charge in [0, 0.05) is 26.2 Å². The lowest BCUT2D eigenvalue weighted by atomic mass is 9.99. The molecule has 2 rings (SSSR count). The van der Waals surface area contributed by atoms with Crippen LogP contribution in [0.1, 0.15) is 12.5 Å². The molecular formula is C15H22N2O2. The van der Waals surface area contributed by atoms with Crippen molar-refractivity contribution in [1.82, 2.24) is 10.2 Å². The molecule has 19 heavy (non-hydrogen) atoms. The number of carbonyl (C=O) groups excluding carboxylic acids is 1. The van der Waals surface area contributed by atoms with Crippen LogP contribution in [-0.4, -0.2) is 44.1 Å². The minimum Gasteiger partial charge on any atom is -0.496 e. The number of nitrogens with one attached hydrogen (secondary N) is 1. The van der Waals surface area contributed by atoms with Gasteiger partial charge in [-0.3, -0.25) is 4.79 Å². The van der Waals surface area contributed by atoms with Gasteiger partial charge in [-0.2, -0.15) is 0 Å². The summed E-state index contributed by atoms with van der Waals surface area (Å²) < 4.78 is 5.35. The van der Waals surface area contributed by atoms with E-state index in [1.165, 1.54) is 0 Å². The topological polar surface area (TPSA) is 41.6 Å². The normalized spacial score (nSPS) is 16.6. The molecule has 1 N–H and O–H groups in total. The third-order valence-electron chi connectivity index (χ3n) is 3.85. The summed E-state index contributed by atoms with van der Waals surface area (Å²) in [5.41, 5.74) is 1.14. The van der Waals surface area contributed by atoms with Crippen molar-refractivity contribution in [3.05, 3.63) is 29.8 Å². The standard InChI is InChI=1S/C15H22N2O2/c1-11(17(2)15(18)13-9-16-10-13)8-12-6-4-5-7-14(12)19-3/h4-7,11,13,16H,8-10H2,1-3H3. The molecule has 1 aliphatic rings. The summed E-state index contributed by atoms with van der Waals surface area (Å²) in [5.74, 6) is 1.28. The summed E-state index contributed by atoms with van der Waals surface area (Å²) >= 11 is 0. The molecule has 0 radical (unpaired) electrons. The summed E-state index contributed by atoms with van der Waals surface area (Å²) in [5, 5.41) is 3.14. The van der Waals surface area contributed by atoms with Crippen LogP contribution in [0.4, 0.5) is 0 Å². The third-order valence-corrected chi connectivity index (χ3v) is 3.85. The number of likely N-dealkylation sites (N-methyl/N-ethyl adjacent to an activating group) is 1. The molecule has 4 heteroatoms. The van der Waals surface area contributed by atoms with E-state index >= 15 is 0 Å². The quantitative estimate of drug-likeness (QED) is 0.870. The van der Waals surface area contributed by atoms with Crippen molar-refractivity contribution in [3.8, 4) is 5.75 Å². The van der Waals surface area contributed by atoms with Crippen molar-refractivity contribution in [1.29, 1.82) is 0 Å². The minimum atomic E-state index is 0.158. The highest BCUT2D eigenvalue weighted by Crippen LogP contribution is 2.21. The van der Waals surface area contributed by atoms with E-state index in [-0.39, 0.29) is 17.9 Å². The average Bonchev–Trinajstić information content (AvgIpc) is 2.36. The SMILES string of the molecule is COc1ccccc1CC(C)N(C)C(=O)C1CNC1. The number of ether oxygens (including phenoxy) is 1. The predicted octanol–water partition coefficient (Wildman–Crippen LogP) is 1.30. The van der Waals surface area contributed by atoms with Gasteiger partial charge in [-0.05, 0) is 25.0 Å². The zero-order valence-electron chi connectivity index (χ0n) is 11.8. The van der Waals surface area contributed by atoms with Gasteiger partial charge in [0.05, 0.1) is 13.0 Å². The predicted molar refractivity (Wildman–Crippen MR) is 75.3 cm³/mol. The Morgan fingerprint density at radius 1 is 1.47 bits per heavy atom. The maximum absolute atomic E-state index is 12.2. The summed E-state index contributed by atoms with van der Waals surface area (Å²) in [6, 6.07) is 8.15. The Kier molecular flexibility index (Phi) is 4.43. The molecule has 1 aromatic carbocycles. The Morgan fingerprint density at radius 2 is 2.16 bits per heavy atom. The number of para-hydroxylation sites is 1. The molecule has 0 bridgehead atoms.